The van der Waals surface area contributed by atoms with Crippen molar-refractivity contribution < 1.29 is 18.7 Å². The summed E-state index contributed by atoms with van der Waals surface area (Å²) in [6.45, 7) is 4.04. The maximum absolute atomic E-state index is 14.9. The van der Waals surface area contributed by atoms with Gasteiger partial charge < -0.3 is 15.0 Å². The van der Waals surface area contributed by atoms with Crippen molar-refractivity contribution in [2.24, 2.45) is 4.99 Å². The quantitative estimate of drug-likeness (QED) is 0.602. The summed E-state index contributed by atoms with van der Waals surface area (Å²) in [6, 6.07) is 15.2. The molecule has 0 aromatic heterocycles. The van der Waals surface area contributed by atoms with Crippen LogP contribution in [-0.2, 0) is 20.9 Å². The number of nitrogens with one attached hydrogen (secondary N) is 1. The van der Waals surface area contributed by atoms with Crippen LogP contribution < -0.4 is 5.32 Å². The Morgan fingerprint density at radius 2 is 1.88 bits per heavy atom. The van der Waals surface area contributed by atoms with E-state index in [0.717, 1.165) is 5.56 Å². The summed E-state index contributed by atoms with van der Waals surface area (Å²) in [5.41, 5.74) is 2.71. The number of fused-ring (bicyclic) bond motifs is 1. The van der Waals surface area contributed by atoms with Gasteiger partial charge in [-0.15, -0.1) is 0 Å². The number of hydrogen-bond donors (Lipinski definition) is 1. The predicted octanol–water partition coefficient (Wildman–Crippen LogP) is 4.67. The molecule has 1 atom stereocenters. The Morgan fingerprint density at radius 3 is 2.61 bits per heavy atom. The number of thioether (sulfide) groups is 1. The second-order valence-corrected chi connectivity index (χ2v) is 8.41. The molecule has 0 saturated carbocycles. The van der Waals surface area contributed by atoms with Gasteiger partial charge in [0.2, 0.25) is 5.91 Å². The van der Waals surface area contributed by atoms with E-state index in [0.29, 0.717) is 28.7 Å². The molecule has 1 amide bonds. The van der Waals surface area contributed by atoms with E-state index in [1.807, 2.05) is 35.7 Å². The van der Waals surface area contributed by atoms with Crippen molar-refractivity contribution >= 4 is 28.8 Å². The number of aliphatic imine (C=N–C) groups is 1. The zero-order chi connectivity index (χ0) is 23.4. The molecule has 2 aliphatic heterocycles. The van der Waals surface area contributed by atoms with Crippen LogP contribution >= 0.6 is 11.8 Å². The molecule has 170 valence electrons. The maximum atomic E-state index is 14.9. The van der Waals surface area contributed by atoms with Crippen LogP contribution in [0.1, 0.15) is 37.4 Å². The van der Waals surface area contributed by atoms with Crippen LogP contribution in [0.2, 0.25) is 0 Å². The molecule has 33 heavy (non-hydrogen) atoms. The first kappa shape index (κ1) is 22.8. The normalized spacial score (nSPS) is 17.3. The van der Waals surface area contributed by atoms with Gasteiger partial charge in [0.05, 0.1) is 30.3 Å². The minimum absolute atomic E-state index is 0.0684. The molecule has 2 aliphatic rings. The number of benzene rings is 2. The first-order chi connectivity index (χ1) is 16.0. The number of amides is 1. The number of carbonyl (C=O) groups excluding carboxylic acids is 2. The van der Waals surface area contributed by atoms with Crippen molar-refractivity contribution in [2.45, 2.75) is 32.9 Å². The third kappa shape index (κ3) is 4.85. The monoisotopic (exact) mass is 465 g/mol. The van der Waals surface area contributed by atoms with Gasteiger partial charge in [0.1, 0.15) is 5.82 Å². The standard InChI is InChI=1S/C25H24FN3O3S/c1-3-32-24(31)22-16(2)28-25-29(23(22)19-11-7-8-12-20(19)26)18(15-33-25)13-21(30)27-14-17-9-5-4-6-10-17/h4-12,15,23H,3,13-14H2,1-2H3,(H,27,30)/t23-/m0/s1. The van der Waals surface area contributed by atoms with Crippen LogP contribution in [0.4, 0.5) is 4.39 Å². The number of amidine groups is 1. The van der Waals surface area contributed by atoms with E-state index in [1.165, 1.54) is 17.8 Å². The fourth-order valence-electron chi connectivity index (χ4n) is 3.85. The van der Waals surface area contributed by atoms with Gasteiger partial charge >= 0.3 is 5.97 Å². The molecule has 2 heterocycles. The number of hydrogen-bond acceptors (Lipinski definition) is 6. The zero-order valence-electron chi connectivity index (χ0n) is 18.4. The van der Waals surface area contributed by atoms with Crippen LogP contribution in [0.5, 0.6) is 0 Å². The third-order valence-corrected chi connectivity index (χ3v) is 6.26. The van der Waals surface area contributed by atoms with Gasteiger partial charge in [0, 0.05) is 17.8 Å². The highest BCUT2D eigenvalue weighted by Crippen LogP contribution is 2.45. The van der Waals surface area contributed by atoms with Crippen LogP contribution in [0.15, 0.2) is 82.0 Å². The SMILES string of the molecule is CCOC(=O)C1=C(C)N=C2SC=C(CC(=O)NCc3ccccc3)N2[C@H]1c1ccccc1F. The molecule has 2 aromatic rings. The highest BCUT2D eigenvalue weighted by molar-refractivity contribution is 8.16. The van der Waals surface area contributed by atoms with Gasteiger partial charge in [-0.1, -0.05) is 60.3 Å². The van der Waals surface area contributed by atoms with Crippen molar-refractivity contribution in [2.75, 3.05) is 6.61 Å². The van der Waals surface area contributed by atoms with E-state index in [2.05, 4.69) is 10.3 Å². The second-order valence-electron chi connectivity index (χ2n) is 7.57. The fraction of sp³-hybridized carbons (Fsp3) is 0.240. The van der Waals surface area contributed by atoms with Crippen LogP contribution in [-0.4, -0.2) is 28.6 Å². The summed E-state index contributed by atoms with van der Waals surface area (Å²) in [7, 11) is 0. The second kappa shape index (κ2) is 10.0. The fourth-order valence-corrected chi connectivity index (χ4v) is 4.82. The maximum Gasteiger partial charge on any atom is 0.338 e. The largest absolute Gasteiger partial charge is 0.463 e. The molecule has 0 saturated heterocycles. The summed E-state index contributed by atoms with van der Waals surface area (Å²) < 4.78 is 20.2. The van der Waals surface area contributed by atoms with E-state index in [-0.39, 0.29) is 24.5 Å². The molecule has 2 aromatic carbocycles. The highest BCUT2D eigenvalue weighted by atomic mass is 32.2. The number of halogens is 1. The molecule has 0 unspecified atom stereocenters. The summed E-state index contributed by atoms with van der Waals surface area (Å²) in [5.74, 6) is -1.16. The molecule has 6 nitrogen and oxygen atoms in total. The lowest BCUT2D eigenvalue weighted by Crippen LogP contribution is -2.38. The number of allylic oxidation sites excluding steroid dienone is 1. The number of esters is 1. The van der Waals surface area contributed by atoms with Crippen LogP contribution in [0.3, 0.4) is 0 Å². The van der Waals surface area contributed by atoms with E-state index in [4.69, 9.17) is 4.74 Å². The minimum Gasteiger partial charge on any atom is -0.463 e. The van der Waals surface area contributed by atoms with Crippen LogP contribution in [0, 0.1) is 5.82 Å². The zero-order valence-corrected chi connectivity index (χ0v) is 19.2. The predicted molar refractivity (Wildman–Crippen MR) is 126 cm³/mol. The van der Waals surface area contributed by atoms with E-state index < -0.39 is 17.8 Å². The molecule has 0 radical (unpaired) electrons. The number of nitrogens with zero attached hydrogens (tertiary/aromatic N) is 2. The number of rotatable bonds is 7. The first-order valence-corrected chi connectivity index (χ1v) is 11.5. The smallest absolute Gasteiger partial charge is 0.338 e. The topological polar surface area (TPSA) is 71.0 Å². The van der Waals surface area contributed by atoms with E-state index >= 15 is 0 Å². The van der Waals surface area contributed by atoms with Crippen molar-refractivity contribution in [3.63, 3.8) is 0 Å². The third-order valence-electron chi connectivity index (χ3n) is 5.37. The molecule has 0 bridgehead atoms. The van der Waals surface area contributed by atoms with Gasteiger partial charge in [0.15, 0.2) is 5.17 Å². The molecule has 0 fully saturated rings. The van der Waals surface area contributed by atoms with Gasteiger partial charge in [-0.2, -0.15) is 0 Å². The Morgan fingerprint density at radius 1 is 1.15 bits per heavy atom. The highest BCUT2D eigenvalue weighted by Gasteiger charge is 2.42. The molecule has 1 N–H and O–H groups in total. The lowest BCUT2D eigenvalue weighted by atomic mass is 9.93. The summed E-state index contributed by atoms with van der Waals surface area (Å²) >= 11 is 1.35. The summed E-state index contributed by atoms with van der Waals surface area (Å²) in [4.78, 5) is 31.9. The van der Waals surface area contributed by atoms with Crippen LogP contribution in [0.25, 0.3) is 0 Å². The lowest BCUT2D eigenvalue weighted by Gasteiger charge is -2.36. The number of ether oxygens (including phenoxy) is 1. The molecule has 4 rings (SSSR count). The van der Waals surface area contributed by atoms with Gasteiger partial charge in [-0.25, -0.2) is 14.2 Å². The Kier molecular flexibility index (Phi) is 6.93. The molecule has 8 heteroatoms. The Bertz CT molecular complexity index is 1160. The Labute approximate surface area is 196 Å². The average Bonchev–Trinajstić information content (AvgIpc) is 3.20. The van der Waals surface area contributed by atoms with E-state index in [1.54, 1.807) is 36.9 Å². The van der Waals surface area contributed by atoms with Gasteiger partial charge in [-0.3, -0.25) is 4.79 Å². The van der Waals surface area contributed by atoms with Gasteiger partial charge in [-0.05, 0) is 30.9 Å². The van der Waals surface area contributed by atoms with Crippen molar-refractivity contribution in [3.05, 3.63) is 93.9 Å². The van der Waals surface area contributed by atoms with Crippen molar-refractivity contribution in [3.8, 4) is 0 Å². The molecular weight excluding hydrogens is 441 g/mol. The molecule has 0 spiro atoms. The average molecular weight is 466 g/mol. The number of carbonyl (C=O) groups is 2. The summed E-state index contributed by atoms with van der Waals surface area (Å²) in [6.07, 6.45) is 0.0684. The molecular formula is C25H24FN3O3S. The van der Waals surface area contributed by atoms with Crippen molar-refractivity contribution in [1.29, 1.82) is 0 Å². The lowest BCUT2D eigenvalue weighted by molar-refractivity contribution is -0.139. The van der Waals surface area contributed by atoms with E-state index in [9.17, 15) is 14.0 Å². The first-order valence-electron chi connectivity index (χ1n) is 10.7. The Balaban J connectivity index is 1.62. The molecule has 0 aliphatic carbocycles. The summed E-state index contributed by atoms with van der Waals surface area (Å²) in [5, 5.41) is 5.34. The van der Waals surface area contributed by atoms with Gasteiger partial charge in [0.25, 0.3) is 0 Å². The Hall–Kier alpha value is -3.39. The van der Waals surface area contributed by atoms with Crippen molar-refractivity contribution in [1.82, 2.24) is 10.2 Å². The minimum atomic E-state index is -0.777.